The highest BCUT2D eigenvalue weighted by atomic mass is 16.5. The van der Waals surface area contributed by atoms with Crippen molar-refractivity contribution < 1.29 is 19.7 Å². The van der Waals surface area contributed by atoms with Crippen molar-refractivity contribution >= 4 is 16.9 Å². The molecule has 2 N–H and O–H groups in total. The van der Waals surface area contributed by atoms with Crippen LogP contribution in [-0.2, 0) is 11.2 Å². The number of carbonyl (C=O) groups is 1. The number of ether oxygens (including phenoxy) is 1. The second-order valence-corrected chi connectivity index (χ2v) is 11.2. The summed E-state index contributed by atoms with van der Waals surface area (Å²) in [5.74, 6) is 0.807. The number of aliphatic hydroxyl groups excluding tert-OH is 1. The summed E-state index contributed by atoms with van der Waals surface area (Å²) in [6.07, 6.45) is 9.42. The Morgan fingerprint density at radius 3 is 2.74 bits per heavy atom. The first-order valence-corrected chi connectivity index (χ1v) is 14.5. The predicted octanol–water partition coefficient (Wildman–Crippen LogP) is 6.58. The molecule has 0 radical (unpaired) electrons. The zero-order chi connectivity index (χ0) is 27.6. The van der Waals surface area contributed by atoms with Crippen molar-refractivity contribution in [3.05, 3.63) is 71.4 Å². The lowest BCUT2D eigenvalue weighted by Crippen LogP contribution is -2.41. The van der Waals surface area contributed by atoms with Crippen molar-refractivity contribution in [2.75, 3.05) is 26.7 Å². The minimum absolute atomic E-state index is 0.211. The number of nitrogens with zero attached hydrogens (tertiary/aromatic N) is 2. The molecular formula is C33H44N2O4. The zero-order valence-electron chi connectivity index (χ0n) is 23.5. The lowest BCUT2D eigenvalue weighted by atomic mass is 9.79. The van der Waals surface area contributed by atoms with E-state index in [-0.39, 0.29) is 6.42 Å². The third-order valence-electron chi connectivity index (χ3n) is 8.54. The molecule has 0 spiro atoms. The molecule has 0 saturated carbocycles. The topological polar surface area (TPSA) is 82.9 Å². The lowest BCUT2D eigenvalue weighted by Gasteiger charge is -2.39. The van der Waals surface area contributed by atoms with Crippen LogP contribution in [0.4, 0.5) is 0 Å². The van der Waals surface area contributed by atoms with Crippen molar-refractivity contribution in [1.82, 2.24) is 9.88 Å². The summed E-state index contributed by atoms with van der Waals surface area (Å²) in [6.45, 7) is 5.28. The summed E-state index contributed by atoms with van der Waals surface area (Å²) in [6, 6.07) is 16.3. The van der Waals surface area contributed by atoms with Crippen LogP contribution in [-0.4, -0.2) is 52.8 Å². The number of likely N-dealkylation sites (tertiary alicyclic amines) is 1. The van der Waals surface area contributed by atoms with E-state index in [4.69, 9.17) is 4.74 Å². The predicted molar refractivity (Wildman–Crippen MR) is 156 cm³/mol. The van der Waals surface area contributed by atoms with E-state index in [1.165, 1.54) is 30.4 Å². The quantitative estimate of drug-likeness (QED) is 0.228. The van der Waals surface area contributed by atoms with Crippen molar-refractivity contribution in [2.24, 2.45) is 11.8 Å². The van der Waals surface area contributed by atoms with Gasteiger partial charge in [-0.25, -0.2) is 0 Å². The van der Waals surface area contributed by atoms with E-state index >= 15 is 0 Å². The number of rotatable bonds is 14. The minimum atomic E-state index is -0.723. The van der Waals surface area contributed by atoms with Gasteiger partial charge in [0.15, 0.2) is 0 Å². The molecule has 1 fully saturated rings. The van der Waals surface area contributed by atoms with E-state index < -0.39 is 12.1 Å². The van der Waals surface area contributed by atoms with E-state index in [9.17, 15) is 15.0 Å². The molecule has 6 heteroatoms. The molecule has 2 unspecified atom stereocenters. The summed E-state index contributed by atoms with van der Waals surface area (Å²) >= 11 is 0. The smallest absolute Gasteiger partial charge is 0.303 e. The van der Waals surface area contributed by atoms with Crippen LogP contribution in [0.25, 0.3) is 10.9 Å². The third-order valence-corrected chi connectivity index (χ3v) is 8.54. The van der Waals surface area contributed by atoms with Crippen LogP contribution in [0.15, 0.2) is 54.7 Å². The molecule has 4 rings (SSSR count). The van der Waals surface area contributed by atoms with Gasteiger partial charge in [-0.3, -0.25) is 9.78 Å². The normalized spacial score (nSPS) is 18.7. The first-order valence-electron chi connectivity index (χ1n) is 14.5. The second kappa shape index (κ2) is 14.4. The van der Waals surface area contributed by atoms with E-state index in [2.05, 4.69) is 41.1 Å². The lowest BCUT2D eigenvalue weighted by molar-refractivity contribution is -0.137. The number of carboxylic acids is 1. The molecule has 0 aliphatic carbocycles. The number of piperidine rings is 1. The van der Waals surface area contributed by atoms with Gasteiger partial charge in [0.25, 0.3) is 0 Å². The van der Waals surface area contributed by atoms with Crippen molar-refractivity contribution in [2.45, 2.75) is 70.8 Å². The van der Waals surface area contributed by atoms with Crippen LogP contribution in [0.2, 0.25) is 0 Å². The first-order chi connectivity index (χ1) is 18.9. The monoisotopic (exact) mass is 532 g/mol. The Hall–Kier alpha value is -2.96. The van der Waals surface area contributed by atoms with Gasteiger partial charge in [-0.15, -0.1) is 0 Å². The highest BCUT2D eigenvalue weighted by Crippen LogP contribution is 2.35. The van der Waals surface area contributed by atoms with E-state index in [1.807, 2.05) is 24.3 Å². The van der Waals surface area contributed by atoms with E-state index in [0.717, 1.165) is 61.1 Å². The zero-order valence-corrected chi connectivity index (χ0v) is 23.5. The molecule has 210 valence electrons. The van der Waals surface area contributed by atoms with Gasteiger partial charge in [0, 0.05) is 24.5 Å². The molecule has 1 aliphatic heterocycles. The number of pyridine rings is 1. The molecule has 1 saturated heterocycles. The largest absolute Gasteiger partial charge is 0.497 e. The number of fused-ring (bicyclic) bond motifs is 1. The second-order valence-electron chi connectivity index (χ2n) is 11.2. The van der Waals surface area contributed by atoms with Crippen molar-refractivity contribution in [1.29, 1.82) is 0 Å². The van der Waals surface area contributed by atoms with Crippen LogP contribution in [0.3, 0.4) is 0 Å². The van der Waals surface area contributed by atoms with E-state index in [1.54, 1.807) is 13.3 Å². The van der Waals surface area contributed by atoms with Gasteiger partial charge >= 0.3 is 5.97 Å². The number of benzene rings is 2. The number of carboxylic acid groups (broad SMARTS) is 1. The molecule has 0 amide bonds. The maximum atomic E-state index is 11.4. The third kappa shape index (κ3) is 8.26. The summed E-state index contributed by atoms with van der Waals surface area (Å²) in [5.41, 5.74) is 4.55. The van der Waals surface area contributed by atoms with Crippen LogP contribution in [0.1, 0.15) is 74.2 Å². The number of aliphatic carboxylic acids is 1. The van der Waals surface area contributed by atoms with Crippen LogP contribution in [0, 0.1) is 18.8 Å². The van der Waals surface area contributed by atoms with Gasteiger partial charge in [0.1, 0.15) is 5.75 Å². The van der Waals surface area contributed by atoms with E-state index in [0.29, 0.717) is 24.7 Å². The van der Waals surface area contributed by atoms with Gasteiger partial charge in [-0.05, 0) is 118 Å². The van der Waals surface area contributed by atoms with Crippen LogP contribution in [0.5, 0.6) is 5.75 Å². The number of methoxy groups -OCH3 is 1. The van der Waals surface area contributed by atoms with Crippen LogP contribution >= 0.6 is 0 Å². The summed E-state index contributed by atoms with van der Waals surface area (Å²) in [5, 5.41) is 21.4. The molecule has 2 aromatic carbocycles. The SMILES string of the molecule is COc1ccc2nccc([C@@H](O)CCC3CCN(CCCCCc4ccccc4C)CC3CCC(=O)O)c2c1. The highest BCUT2D eigenvalue weighted by Gasteiger charge is 2.30. The molecule has 1 aliphatic rings. The van der Waals surface area contributed by atoms with Crippen LogP contribution < -0.4 is 4.74 Å². The van der Waals surface area contributed by atoms with Gasteiger partial charge in [0.2, 0.25) is 0 Å². The number of hydrogen-bond acceptors (Lipinski definition) is 5. The number of aromatic nitrogens is 1. The van der Waals surface area contributed by atoms with Gasteiger partial charge in [0.05, 0.1) is 18.7 Å². The Kier molecular flexibility index (Phi) is 10.7. The molecule has 1 aromatic heterocycles. The molecule has 0 bridgehead atoms. The molecule has 3 aromatic rings. The van der Waals surface area contributed by atoms with Gasteiger partial charge < -0.3 is 19.8 Å². The number of aliphatic hydroxyl groups is 1. The Morgan fingerprint density at radius 1 is 1.10 bits per heavy atom. The standard InChI is InChI=1S/C33H44N2O4/c1-24-8-5-6-10-25(24)9-4-3-7-20-35-21-18-26(27(23-35)12-16-33(37)38)11-15-32(36)29-17-19-34-31-14-13-28(39-2)22-30(29)31/h5-6,8,10,13-14,17,19,22,26-27,32,36H,3-4,7,9,11-12,15-16,18,20-21,23H2,1-2H3,(H,37,38)/t26?,27?,32-/m0/s1. The fraction of sp³-hybridized carbons (Fsp3) is 0.515. The minimum Gasteiger partial charge on any atom is -0.497 e. The Balaban J connectivity index is 1.29. The number of aryl methyl sites for hydroxylation is 2. The number of unbranched alkanes of at least 4 members (excludes halogenated alkanes) is 2. The number of hydrogen-bond donors (Lipinski definition) is 2. The van der Waals surface area contributed by atoms with Gasteiger partial charge in [-0.2, -0.15) is 0 Å². The highest BCUT2D eigenvalue weighted by molar-refractivity contribution is 5.83. The first kappa shape index (κ1) is 29.0. The van der Waals surface area contributed by atoms with Gasteiger partial charge in [-0.1, -0.05) is 30.7 Å². The average Bonchev–Trinajstić information content (AvgIpc) is 2.95. The fourth-order valence-corrected chi connectivity index (χ4v) is 6.18. The maximum absolute atomic E-state index is 11.4. The fourth-order valence-electron chi connectivity index (χ4n) is 6.18. The molecule has 2 heterocycles. The Bertz CT molecular complexity index is 1210. The molecular weight excluding hydrogens is 488 g/mol. The molecule has 6 nitrogen and oxygen atoms in total. The molecule has 39 heavy (non-hydrogen) atoms. The average molecular weight is 533 g/mol. The summed E-state index contributed by atoms with van der Waals surface area (Å²) < 4.78 is 5.39. The summed E-state index contributed by atoms with van der Waals surface area (Å²) in [7, 11) is 1.64. The van der Waals surface area contributed by atoms with Crippen molar-refractivity contribution in [3.8, 4) is 5.75 Å². The Morgan fingerprint density at radius 2 is 1.95 bits per heavy atom. The molecule has 3 atom stereocenters. The maximum Gasteiger partial charge on any atom is 0.303 e. The Labute approximate surface area is 233 Å². The summed E-state index contributed by atoms with van der Waals surface area (Å²) in [4.78, 5) is 18.3. The van der Waals surface area contributed by atoms with Crippen molar-refractivity contribution in [3.63, 3.8) is 0 Å².